The molecule has 1 amide bonds. The molecule has 1 atom stereocenters. The van der Waals surface area contributed by atoms with Crippen molar-refractivity contribution in [1.82, 2.24) is 24.6 Å². The van der Waals surface area contributed by atoms with Crippen LogP contribution in [0.4, 0.5) is 0 Å². The summed E-state index contributed by atoms with van der Waals surface area (Å²) in [6, 6.07) is 13.0. The highest BCUT2D eigenvalue weighted by atomic mass is 16.5. The zero-order valence-corrected chi connectivity index (χ0v) is 13.5. The van der Waals surface area contributed by atoms with Gasteiger partial charge in [0.05, 0.1) is 24.5 Å². The molecule has 0 saturated carbocycles. The lowest BCUT2D eigenvalue weighted by atomic mass is 10.1. The summed E-state index contributed by atoms with van der Waals surface area (Å²) in [6.45, 7) is 1.39. The number of pyridine rings is 1. The van der Waals surface area contributed by atoms with Gasteiger partial charge in [-0.3, -0.25) is 9.78 Å². The summed E-state index contributed by atoms with van der Waals surface area (Å²) in [6.07, 6.45) is 4.74. The van der Waals surface area contributed by atoms with Gasteiger partial charge < -0.3 is 9.64 Å². The number of nitrogens with zero attached hydrogens (tertiary/aromatic N) is 5. The summed E-state index contributed by atoms with van der Waals surface area (Å²) >= 11 is 0. The van der Waals surface area contributed by atoms with Gasteiger partial charge in [-0.15, -0.1) is 0 Å². The maximum atomic E-state index is 12.9. The fraction of sp³-hybridized carbons (Fsp3) is 0.222. The zero-order valence-electron chi connectivity index (χ0n) is 13.5. The van der Waals surface area contributed by atoms with Crippen LogP contribution in [-0.4, -0.2) is 50.3 Å². The molecular weight excluding hydrogens is 318 g/mol. The number of amides is 1. The first-order valence-electron chi connectivity index (χ1n) is 8.08. The molecule has 4 rings (SSSR count). The molecule has 0 N–H and O–H groups in total. The van der Waals surface area contributed by atoms with E-state index in [2.05, 4.69) is 15.1 Å². The Hall–Kier alpha value is -3.06. The van der Waals surface area contributed by atoms with Crippen LogP contribution in [0.25, 0.3) is 5.69 Å². The molecule has 0 radical (unpaired) electrons. The standard InChI is InChI=1S/C18H17N5O2/c24-18(14-5-4-8-19-11-14)22-9-10-25-12-16(22)17-20-13-21-23(17)15-6-2-1-3-7-15/h1-8,11,13,16H,9-10,12H2. The fourth-order valence-electron chi connectivity index (χ4n) is 2.96. The van der Waals surface area contributed by atoms with Gasteiger partial charge in [-0.05, 0) is 24.3 Å². The van der Waals surface area contributed by atoms with Crippen LogP contribution < -0.4 is 0 Å². The average molecular weight is 335 g/mol. The van der Waals surface area contributed by atoms with E-state index in [1.165, 1.54) is 6.33 Å². The van der Waals surface area contributed by atoms with Crippen molar-refractivity contribution in [2.24, 2.45) is 0 Å². The second kappa shape index (κ2) is 6.82. The average Bonchev–Trinajstić information content (AvgIpc) is 3.18. The number of rotatable bonds is 3. The Labute approximate surface area is 144 Å². The van der Waals surface area contributed by atoms with E-state index in [1.807, 2.05) is 30.3 Å². The fourth-order valence-corrected chi connectivity index (χ4v) is 2.96. The first-order chi connectivity index (χ1) is 12.3. The van der Waals surface area contributed by atoms with Gasteiger partial charge in [0.25, 0.3) is 5.91 Å². The number of carbonyl (C=O) groups excluding carboxylic acids is 1. The van der Waals surface area contributed by atoms with Gasteiger partial charge in [0.2, 0.25) is 0 Å². The predicted octanol–water partition coefficient (Wildman–Crippen LogP) is 1.88. The van der Waals surface area contributed by atoms with Crippen molar-refractivity contribution < 1.29 is 9.53 Å². The smallest absolute Gasteiger partial charge is 0.256 e. The van der Waals surface area contributed by atoms with E-state index in [1.54, 1.807) is 34.1 Å². The molecule has 1 aliphatic heterocycles. The molecule has 0 aliphatic carbocycles. The van der Waals surface area contributed by atoms with Gasteiger partial charge in [0.1, 0.15) is 12.4 Å². The first-order valence-corrected chi connectivity index (χ1v) is 8.08. The summed E-state index contributed by atoms with van der Waals surface area (Å²) in [5.74, 6) is 0.604. The third-order valence-electron chi connectivity index (χ3n) is 4.17. The number of benzene rings is 1. The van der Waals surface area contributed by atoms with Crippen molar-refractivity contribution in [3.05, 3.63) is 72.6 Å². The van der Waals surface area contributed by atoms with Crippen LogP contribution in [0.5, 0.6) is 0 Å². The highest BCUT2D eigenvalue weighted by molar-refractivity contribution is 5.94. The van der Waals surface area contributed by atoms with Crippen molar-refractivity contribution in [2.75, 3.05) is 19.8 Å². The highest BCUT2D eigenvalue weighted by Crippen LogP contribution is 2.26. The Balaban J connectivity index is 1.69. The van der Waals surface area contributed by atoms with Gasteiger partial charge in [-0.1, -0.05) is 18.2 Å². The van der Waals surface area contributed by atoms with Gasteiger partial charge >= 0.3 is 0 Å². The lowest BCUT2D eigenvalue weighted by Gasteiger charge is -2.35. The number of para-hydroxylation sites is 1. The number of aromatic nitrogens is 4. The van der Waals surface area contributed by atoms with Crippen LogP contribution in [-0.2, 0) is 4.74 Å². The minimum absolute atomic E-state index is 0.0796. The van der Waals surface area contributed by atoms with Gasteiger partial charge in [-0.2, -0.15) is 5.10 Å². The van der Waals surface area contributed by atoms with Crippen molar-refractivity contribution in [2.45, 2.75) is 6.04 Å². The number of hydrogen-bond donors (Lipinski definition) is 0. The largest absolute Gasteiger partial charge is 0.377 e. The molecule has 7 nitrogen and oxygen atoms in total. The van der Waals surface area contributed by atoms with Crippen LogP contribution in [0.15, 0.2) is 61.2 Å². The summed E-state index contributed by atoms with van der Waals surface area (Å²) < 4.78 is 7.38. The summed E-state index contributed by atoms with van der Waals surface area (Å²) in [5, 5.41) is 4.33. The molecule has 2 aromatic heterocycles. The Kier molecular flexibility index (Phi) is 4.22. The molecule has 126 valence electrons. The molecule has 0 spiro atoms. The second-order valence-corrected chi connectivity index (χ2v) is 5.70. The Morgan fingerprint density at radius 1 is 1.16 bits per heavy atom. The van der Waals surface area contributed by atoms with Crippen LogP contribution in [0.1, 0.15) is 22.2 Å². The van der Waals surface area contributed by atoms with E-state index >= 15 is 0 Å². The van der Waals surface area contributed by atoms with Crippen LogP contribution in [0, 0.1) is 0 Å². The summed E-state index contributed by atoms with van der Waals surface area (Å²) in [4.78, 5) is 23.2. The van der Waals surface area contributed by atoms with E-state index in [4.69, 9.17) is 4.74 Å². The molecule has 1 unspecified atom stereocenters. The number of hydrogen-bond acceptors (Lipinski definition) is 5. The molecule has 7 heteroatoms. The molecule has 1 aliphatic rings. The Morgan fingerprint density at radius 2 is 2.04 bits per heavy atom. The first kappa shape index (κ1) is 15.5. The van der Waals surface area contributed by atoms with E-state index in [9.17, 15) is 4.79 Å². The lowest BCUT2D eigenvalue weighted by molar-refractivity contribution is -0.00581. The minimum Gasteiger partial charge on any atom is -0.377 e. The Morgan fingerprint density at radius 3 is 2.84 bits per heavy atom. The normalized spacial score (nSPS) is 17.4. The lowest BCUT2D eigenvalue weighted by Crippen LogP contribution is -2.44. The monoisotopic (exact) mass is 335 g/mol. The van der Waals surface area contributed by atoms with E-state index in [0.717, 1.165) is 5.69 Å². The topological polar surface area (TPSA) is 73.1 Å². The number of ether oxygens (including phenoxy) is 1. The molecule has 3 aromatic rings. The molecule has 3 heterocycles. The maximum absolute atomic E-state index is 12.9. The van der Waals surface area contributed by atoms with Gasteiger partial charge in [-0.25, -0.2) is 9.67 Å². The van der Waals surface area contributed by atoms with E-state index < -0.39 is 0 Å². The second-order valence-electron chi connectivity index (χ2n) is 5.70. The SMILES string of the molecule is O=C(c1cccnc1)N1CCOCC1c1ncnn1-c1ccccc1. The molecule has 25 heavy (non-hydrogen) atoms. The summed E-state index contributed by atoms with van der Waals surface area (Å²) in [7, 11) is 0. The van der Waals surface area contributed by atoms with Crippen molar-refractivity contribution in [1.29, 1.82) is 0 Å². The van der Waals surface area contributed by atoms with Crippen LogP contribution in [0.2, 0.25) is 0 Å². The third-order valence-corrected chi connectivity index (χ3v) is 4.17. The van der Waals surface area contributed by atoms with Gasteiger partial charge in [0.15, 0.2) is 5.82 Å². The zero-order chi connectivity index (χ0) is 17.1. The molecule has 1 saturated heterocycles. The van der Waals surface area contributed by atoms with Crippen molar-refractivity contribution in [3.63, 3.8) is 0 Å². The quantitative estimate of drug-likeness (QED) is 0.731. The van der Waals surface area contributed by atoms with Crippen LogP contribution in [0.3, 0.4) is 0 Å². The highest BCUT2D eigenvalue weighted by Gasteiger charge is 2.33. The number of morpholine rings is 1. The van der Waals surface area contributed by atoms with E-state index in [0.29, 0.717) is 31.1 Å². The summed E-state index contributed by atoms with van der Waals surface area (Å²) in [5.41, 5.74) is 1.45. The maximum Gasteiger partial charge on any atom is 0.256 e. The molecule has 0 bridgehead atoms. The van der Waals surface area contributed by atoms with Crippen molar-refractivity contribution >= 4 is 5.91 Å². The number of carbonyl (C=O) groups is 1. The van der Waals surface area contributed by atoms with Crippen LogP contribution >= 0.6 is 0 Å². The predicted molar refractivity (Wildman–Crippen MR) is 90.2 cm³/mol. The minimum atomic E-state index is -0.302. The molecule has 1 aromatic carbocycles. The third kappa shape index (κ3) is 3.01. The molecule has 1 fully saturated rings. The van der Waals surface area contributed by atoms with Gasteiger partial charge in [0, 0.05) is 18.9 Å². The van der Waals surface area contributed by atoms with E-state index in [-0.39, 0.29) is 11.9 Å². The van der Waals surface area contributed by atoms with Crippen molar-refractivity contribution in [3.8, 4) is 5.69 Å². The Bertz CT molecular complexity index is 850. The molecular formula is C18H17N5O2.